The molecule has 172 valence electrons. The lowest BCUT2D eigenvalue weighted by atomic mass is 10.1. The fourth-order valence-corrected chi connectivity index (χ4v) is 4.33. The molecule has 0 bridgehead atoms. The van der Waals surface area contributed by atoms with Crippen molar-refractivity contribution in [1.29, 1.82) is 0 Å². The van der Waals surface area contributed by atoms with Crippen molar-refractivity contribution in [3.05, 3.63) is 56.6 Å². The zero-order chi connectivity index (χ0) is 23.0. The van der Waals surface area contributed by atoms with Gasteiger partial charge in [-0.05, 0) is 32.3 Å². The van der Waals surface area contributed by atoms with Gasteiger partial charge in [0.25, 0.3) is 5.56 Å². The first kappa shape index (κ1) is 22.1. The highest BCUT2D eigenvalue weighted by atomic mass is 19.1. The number of benzene rings is 1. The number of nitrogen functional groups attached to an aromatic ring is 1. The number of oxazole rings is 1. The van der Waals surface area contributed by atoms with E-state index < -0.39 is 17.1 Å². The molecule has 0 amide bonds. The van der Waals surface area contributed by atoms with E-state index in [-0.39, 0.29) is 24.0 Å². The van der Waals surface area contributed by atoms with Crippen molar-refractivity contribution in [1.82, 2.24) is 14.2 Å². The Morgan fingerprint density at radius 1 is 1.31 bits per heavy atom. The van der Waals surface area contributed by atoms with Crippen LogP contribution in [0.3, 0.4) is 0 Å². The van der Waals surface area contributed by atoms with Gasteiger partial charge in [0.05, 0.1) is 22.8 Å². The Hall–Kier alpha value is -3.14. The van der Waals surface area contributed by atoms with Crippen molar-refractivity contribution < 1.29 is 13.9 Å². The fourth-order valence-electron chi connectivity index (χ4n) is 4.33. The summed E-state index contributed by atoms with van der Waals surface area (Å²) in [7, 11) is 0. The number of aromatic nitrogens is 3. The van der Waals surface area contributed by atoms with Gasteiger partial charge in [-0.15, -0.1) is 0 Å². The first-order chi connectivity index (χ1) is 15.4. The van der Waals surface area contributed by atoms with Gasteiger partial charge in [-0.1, -0.05) is 6.92 Å². The van der Waals surface area contributed by atoms with Crippen LogP contribution in [0.1, 0.15) is 43.7 Å². The van der Waals surface area contributed by atoms with Gasteiger partial charge in [0.2, 0.25) is 0 Å². The Kier molecular flexibility index (Phi) is 6.05. The average Bonchev–Trinajstić information content (AvgIpc) is 3.27. The molecule has 2 aromatic heterocycles. The number of aliphatic hydroxyl groups excluding tert-OH is 1. The van der Waals surface area contributed by atoms with Crippen LogP contribution in [0.4, 0.5) is 10.1 Å². The Morgan fingerprint density at radius 3 is 2.59 bits per heavy atom. The number of halogens is 1. The van der Waals surface area contributed by atoms with E-state index in [1.165, 1.54) is 10.6 Å². The number of nitrogens with two attached hydrogens (primary N) is 1. The van der Waals surface area contributed by atoms with Crippen LogP contribution in [-0.2, 0) is 6.42 Å². The van der Waals surface area contributed by atoms with Gasteiger partial charge in [0.15, 0.2) is 5.89 Å². The first-order valence-electron chi connectivity index (χ1n) is 10.9. The average molecular weight is 445 g/mol. The summed E-state index contributed by atoms with van der Waals surface area (Å²) in [6, 6.07) is 1.19. The van der Waals surface area contributed by atoms with E-state index in [2.05, 4.69) is 4.98 Å². The SMILES string of the molecule is CCc1ncco1.Cc1c(N2CCC(CO)C2)c(F)cc2c(=O)n(N)c(=O)n(C3CC3)c12. The van der Waals surface area contributed by atoms with Gasteiger partial charge in [0.1, 0.15) is 12.1 Å². The molecule has 3 N–H and O–H groups in total. The molecule has 10 heteroatoms. The Bertz CT molecular complexity index is 1230. The summed E-state index contributed by atoms with van der Waals surface area (Å²) in [6.07, 6.45) is 6.59. The summed E-state index contributed by atoms with van der Waals surface area (Å²) >= 11 is 0. The highest BCUT2D eigenvalue weighted by Crippen LogP contribution is 2.39. The zero-order valence-corrected chi connectivity index (χ0v) is 18.3. The number of fused-ring (bicyclic) bond motifs is 1. The number of rotatable bonds is 4. The molecule has 5 rings (SSSR count). The van der Waals surface area contributed by atoms with Crippen molar-refractivity contribution in [2.24, 2.45) is 5.92 Å². The molecule has 3 heterocycles. The van der Waals surface area contributed by atoms with Gasteiger partial charge in [-0.3, -0.25) is 9.36 Å². The minimum Gasteiger partial charge on any atom is -0.449 e. The standard InChI is InChI=1S/C17H21FN4O3.C5H7NO/c1-9-14-12(16(24)22(19)17(25)21(14)11-2-3-11)6-13(18)15(9)20-5-4-10(7-20)8-23;1-2-5-6-3-4-7-5/h6,10-11,23H,2-5,7-8,19H2,1H3;3-4H,2H2,1H3. The molecular weight excluding hydrogens is 417 g/mol. The molecule has 1 aliphatic carbocycles. The molecule has 32 heavy (non-hydrogen) atoms. The highest BCUT2D eigenvalue weighted by Gasteiger charge is 2.32. The fraction of sp³-hybridized carbons (Fsp3) is 0.500. The van der Waals surface area contributed by atoms with Crippen LogP contribution in [0.25, 0.3) is 10.9 Å². The summed E-state index contributed by atoms with van der Waals surface area (Å²) in [5.41, 5.74) is 0.222. The lowest BCUT2D eigenvalue weighted by molar-refractivity contribution is 0.238. The van der Waals surface area contributed by atoms with E-state index in [9.17, 15) is 19.1 Å². The second-order valence-corrected chi connectivity index (χ2v) is 8.35. The predicted octanol–water partition coefficient (Wildman–Crippen LogP) is 1.72. The lowest BCUT2D eigenvalue weighted by Gasteiger charge is -2.24. The number of aryl methyl sites for hydroxylation is 2. The molecule has 2 fully saturated rings. The second-order valence-electron chi connectivity index (χ2n) is 8.35. The van der Waals surface area contributed by atoms with Gasteiger partial charge in [-0.2, -0.15) is 4.68 Å². The normalized spacial score (nSPS) is 18.1. The van der Waals surface area contributed by atoms with E-state index in [0.29, 0.717) is 34.5 Å². The van der Waals surface area contributed by atoms with Crippen LogP contribution in [0.2, 0.25) is 0 Å². The largest absolute Gasteiger partial charge is 0.449 e. The lowest BCUT2D eigenvalue weighted by Crippen LogP contribution is -2.44. The number of hydrogen-bond acceptors (Lipinski definition) is 7. The number of aliphatic hydroxyl groups is 1. The minimum absolute atomic E-state index is 0.00572. The Morgan fingerprint density at radius 2 is 2.06 bits per heavy atom. The van der Waals surface area contributed by atoms with Crippen LogP contribution in [0.5, 0.6) is 0 Å². The monoisotopic (exact) mass is 445 g/mol. The smallest absolute Gasteiger partial charge is 0.350 e. The maximum Gasteiger partial charge on any atom is 0.350 e. The molecule has 1 aromatic carbocycles. The van der Waals surface area contributed by atoms with Gasteiger partial charge >= 0.3 is 5.69 Å². The molecule has 2 aliphatic rings. The van der Waals surface area contributed by atoms with Crippen molar-refractivity contribution in [3.8, 4) is 0 Å². The maximum absolute atomic E-state index is 14.8. The van der Waals surface area contributed by atoms with Crippen molar-refractivity contribution in [2.75, 3.05) is 30.4 Å². The molecular formula is C22H28FN5O4. The molecule has 1 aliphatic heterocycles. The molecule has 0 spiro atoms. The van der Waals surface area contributed by atoms with E-state index in [1.807, 2.05) is 11.8 Å². The summed E-state index contributed by atoms with van der Waals surface area (Å²) < 4.78 is 21.8. The molecule has 1 saturated carbocycles. The third kappa shape index (κ3) is 3.90. The first-order valence-corrected chi connectivity index (χ1v) is 10.9. The third-order valence-corrected chi connectivity index (χ3v) is 6.12. The van der Waals surface area contributed by atoms with Crippen molar-refractivity contribution >= 4 is 16.6 Å². The van der Waals surface area contributed by atoms with E-state index in [0.717, 1.165) is 31.6 Å². The zero-order valence-electron chi connectivity index (χ0n) is 18.3. The summed E-state index contributed by atoms with van der Waals surface area (Å²) in [6.45, 7) is 5.00. The van der Waals surface area contributed by atoms with Crippen molar-refractivity contribution in [3.63, 3.8) is 0 Å². The molecule has 0 radical (unpaired) electrons. The molecule has 1 saturated heterocycles. The minimum atomic E-state index is -0.680. The van der Waals surface area contributed by atoms with Crippen molar-refractivity contribution in [2.45, 2.75) is 45.6 Å². The van der Waals surface area contributed by atoms with Crippen LogP contribution in [-0.4, -0.2) is 39.0 Å². The Labute approximate surface area is 183 Å². The maximum atomic E-state index is 14.8. The van der Waals surface area contributed by atoms with Gasteiger partial charge in [0, 0.05) is 43.6 Å². The molecule has 1 atom stereocenters. The summed E-state index contributed by atoms with van der Waals surface area (Å²) in [5, 5.41) is 9.48. The van der Waals surface area contributed by atoms with Crippen LogP contribution >= 0.6 is 0 Å². The number of anilines is 1. The summed E-state index contributed by atoms with van der Waals surface area (Å²) in [5.74, 6) is 6.04. The number of hydrogen-bond donors (Lipinski definition) is 2. The van der Waals surface area contributed by atoms with E-state index in [4.69, 9.17) is 10.3 Å². The second kappa shape index (κ2) is 8.78. The van der Waals surface area contributed by atoms with Gasteiger partial charge in [-0.25, -0.2) is 14.2 Å². The highest BCUT2D eigenvalue weighted by molar-refractivity contribution is 5.87. The van der Waals surface area contributed by atoms with Crippen LogP contribution in [0.15, 0.2) is 32.5 Å². The van der Waals surface area contributed by atoms with E-state index in [1.54, 1.807) is 19.4 Å². The molecule has 3 aromatic rings. The number of nitrogens with zero attached hydrogens (tertiary/aromatic N) is 4. The quantitative estimate of drug-likeness (QED) is 0.587. The molecule has 9 nitrogen and oxygen atoms in total. The van der Waals surface area contributed by atoms with Crippen LogP contribution < -0.4 is 22.0 Å². The third-order valence-electron chi connectivity index (χ3n) is 6.12. The van der Waals surface area contributed by atoms with E-state index >= 15 is 0 Å². The Balaban J connectivity index is 0.000000300. The van der Waals surface area contributed by atoms with Crippen LogP contribution in [0, 0.1) is 18.7 Å². The molecule has 1 unspecified atom stereocenters. The van der Waals surface area contributed by atoms with Gasteiger partial charge < -0.3 is 20.3 Å². The summed E-state index contributed by atoms with van der Waals surface area (Å²) in [4.78, 5) is 30.7. The predicted molar refractivity (Wildman–Crippen MR) is 119 cm³/mol. The topological polar surface area (TPSA) is 120 Å².